The van der Waals surface area contributed by atoms with Gasteiger partial charge in [0.05, 0.1) is 18.8 Å². The van der Waals surface area contributed by atoms with E-state index in [1.54, 1.807) is 7.11 Å². The van der Waals surface area contributed by atoms with Crippen molar-refractivity contribution in [2.75, 3.05) is 20.3 Å². The number of rotatable bonds is 6. The van der Waals surface area contributed by atoms with Crippen molar-refractivity contribution in [1.29, 1.82) is 0 Å². The highest BCUT2D eigenvalue weighted by molar-refractivity contribution is 14.1. The average molecular weight is 465 g/mol. The molecule has 2 heterocycles. The lowest BCUT2D eigenvalue weighted by atomic mass is 9.75. The first-order chi connectivity index (χ1) is 11.7. The maximum absolute atomic E-state index is 13.6. The first-order valence-electron chi connectivity index (χ1n) is 9.83. The molecule has 0 aromatic rings. The molecule has 0 N–H and O–H groups in total. The molecule has 25 heavy (non-hydrogen) atoms. The molecule has 0 radical (unpaired) electrons. The molecule has 2 fully saturated rings. The van der Waals surface area contributed by atoms with Gasteiger partial charge in [-0.25, -0.2) is 0 Å². The monoisotopic (exact) mass is 465 g/mol. The van der Waals surface area contributed by atoms with Crippen molar-refractivity contribution in [2.24, 2.45) is 23.7 Å². The van der Waals surface area contributed by atoms with E-state index in [-0.39, 0.29) is 18.1 Å². The van der Waals surface area contributed by atoms with Gasteiger partial charge in [0.15, 0.2) is 0 Å². The van der Waals surface area contributed by atoms with Crippen molar-refractivity contribution >= 4 is 28.5 Å². The summed E-state index contributed by atoms with van der Waals surface area (Å²) in [6, 6.07) is 0.337. The quantitative estimate of drug-likeness (QED) is 0.437. The van der Waals surface area contributed by atoms with Gasteiger partial charge in [-0.3, -0.25) is 4.79 Å². The number of nitrogens with zero attached hydrogens (tertiary/aromatic N) is 1. The highest BCUT2D eigenvalue weighted by atomic mass is 127. The number of hydrogen-bond acceptors (Lipinski definition) is 3. The Kier molecular flexibility index (Phi) is 8.02. The SMILES string of the molecule is COCC1C[C@@H](C(C)I)N(C(=O)C(C(C)C)C2CC(C)OC(C)C2)C1. The van der Waals surface area contributed by atoms with E-state index in [0.717, 1.165) is 32.4 Å². The zero-order chi connectivity index (χ0) is 18.7. The van der Waals surface area contributed by atoms with Crippen molar-refractivity contribution in [2.45, 2.75) is 76.1 Å². The Morgan fingerprint density at radius 3 is 2.28 bits per heavy atom. The fourth-order valence-corrected chi connectivity index (χ4v) is 5.66. The number of halogens is 1. The summed E-state index contributed by atoms with van der Waals surface area (Å²) in [5.74, 6) is 1.73. The number of amides is 1. The van der Waals surface area contributed by atoms with Crippen molar-refractivity contribution in [3.8, 4) is 0 Å². The van der Waals surface area contributed by atoms with Gasteiger partial charge >= 0.3 is 0 Å². The van der Waals surface area contributed by atoms with Crippen LogP contribution in [0.25, 0.3) is 0 Å². The maximum Gasteiger partial charge on any atom is 0.226 e. The molecule has 5 heteroatoms. The van der Waals surface area contributed by atoms with E-state index in [1.165, 1.54) is 0 Å². The molecular weight excluding hydrogens is 429 g/mol. The average Bonchev–Trinajstić information content (AvgIpc) is 2.90. The Hall–Kier alpha value is 0.120. The van der Waals surface area contributed by atoms with Crippen molar-refractivity contribution in [1.82, 2.24) is 4.90 Å². The maximum atomic E-state index is 13.6. The summed E-state index contributed by atoms with van der Waals surface area (Å²) in [7, 11) is 1.76. The van der Waals surface area contributed by atoms with Crippen molar-refractivity contribution < 1.29 is 14.3 Å². The number of methoxy groups -OCH3 is 1. The Morgan fingerprint density at radius 2 is 1.80 bits per heavy atom. The Balaban J connectivity index is 2.18. The molecule has 0 aromatic heterocycles. The molecule has 2 aliphatic rings. The van der Waals surface area contributed by atoms with Crippen LogP contribution in [0.1, 0.15) is 53.9 Å². The first kappa shape index (κ1) is 21.4. The first-order valence-corrected chi connectivity index (χ1v) is 11.1. The predicted octanol–water partition coefficient (Wildman–Crippen LogP) is 4.15. The molecule has 0 bridgehead atoms. The fraction of sp³-hybridized carbons (Fsp3) is 0.950. The Labute approximate surface area is 167 Å². The van der Waals surface area contributed by atoms with Crippen LogP contribution >= 0.6 is 22.6 Å². The van der Waals surface area contributed by atoms with Gasteiger partial charge in [-0.15, -0.1) is 0 Å². The third-order valence-corrected chi connectivity index (χ3v) is 6.72. The van der Waals surface area contributed by atoms with Crippen LogP contribution in [0.4, 0.5) is 0 Å². The third-order valence-electron chi connectivity index (χ3n) is 5.89. The second-order valence-electron chi connectivity index (χ2n) is 8.55. The van der Waals surface area contributed by atoms with Crippen LogP contribution in [0.2, 0.25) is 0 Å². The normalized spacial score (nSPS) is 35.8. The number of hydrogen-bond donors (Lipinski definition) is 0. The van der Waals surface area contributed by atoms with Gasteiger partial charge in [0.2, 0.25) is 5.91 Å². The van der Waals surface area contributed by atoms with Gasteiger partial charge in [0.25, 0.3) is 0 Å². The highest BCUT2D eigenvalue weighted by Gasteiger charge is 2.44. The molecule has 146 valence electrons. The summed E-state index contributed by atoms with van der Waals surface area (Å²) < 4.78 is 11.8. The predicted molar refractivity (Wildman–Crippen MR) is 110 cm³/mol. The standard InChI is InChI=1S/C20H36INO3/c1-12(2)19(17-7-13(3)25-14(4)8-17)20(23)22-10-16(11-24-6)9-18(22)15(5)21/h12-19H,7-11H2,1-6H3/t13?,14?,15?,16?,17?,18-,19?/m0/s1. The molecule has 0 aliphatic carbocycles. The highest BCUT2D eigenvalue weighted by Crippen LogP contribution is 2.38. The van der Waals surface area contributed by atoms with E-state index in [1.807, 2.05) is 0 Å². The second kappa shape index (κ2) is 9.36. The van der Waals surface area contributed by atoms with Crippen LogP contribution in [0.5, 0.6) is 0 Å². The summed E-state index contributed by atoms with van der Waals surface area (Å²) in [5.41, 5.74) is 0. The van der Waals surface area contributed by atoms with Crippen molar-refractivity contribution in [3.05, 3.63) is 0 Å². The molecule has 5 unspecified atom stereocenters. The molecule has 2 aliphatic heterocycles. The van der Waals surface area contributed by atoms with Crippen LogP contribution in [-0.2, 0) is 14.3 Å². The zero-order valence-electron chi connectivity index (χ0n) is 16.7. The van der Waals surface area contributed by atoms with Crippen LogP contribution in [0.15, 0.2) is 0 Å². The lowest BCUT2D eigenvalue weighted by Gasteiger charge is -2.40. The van der Waals surface area contributed by atoms with Gasteiger partial charge in [0.1, 0.15) is 0 Å². The molecule has 0 aromatic carbocycles. The number of carbonyl (C=O) groups is 1. The van der Waals surface area contributed by atoms with E-state index in [9.17, 15) is 4.79 Å². The Morgan fingerprint density at radius 1 is 1.20 bits per heavy atom. The van der Waals surface area contributed by atoms with Crippen LogP contribution in [-0.4, -0.2) is 53.2 Å². The number of likely N-dealkylation sites (tertiary alicyclic amines) is 1. The summed E-state index contributed by atoms with van der Waals surface area (Å²) in [5, 5.41) is 0. The minimum atomic E-state index is 0.104. The summed E-state index contributed by atoms with van der Waals surface area (Å²) in [6.45, 7) is 12.5. The summed E-state index contributed by atoms with van der Waals surface area (Å²) in [6.07, 6.45) is 3.57. The molecule has 6 atom stereocenters. The van der Waals surface area contributed by atoms with Gasteiger partial charge in [-0.2, -0.15) is 0 Å². The molecule has 0 spiro atoms. The van der Waals surface area contributed by atoms with Crippen LogP contribution < -0.4 is 0 Å². The lowest BCUT2D eigenvalue weighted by Crippen LogP contribution is -2.48. The smallest absolute Gasteiger partial charge is 0.226 e. The van der Waals surface area contributed by atoms with E-state index >= 15 is 0 Å². The number of carbonyl (C=O) groups excluding carboxylic acids is 1. The largest absolute Gasteiger partial charge is 0.384 e. The van der Waals surface area contributed by atoms with E-state index in [2.05, 4.69) is 62.1 Å². The number of alkyl halides is 1. The molecule has 2 saturated heterocycles. The van der Waals surface area contributed by atoms with E-state index < -0.39 is 0 Å². The van der Waals surface area contributed by atoms with E-state index in [0.29, 0.717) is 33.6 Å². The topological polar surface area (TPSA) is 38.8 Å². The molecule has 1 amide bonds. The van der Waals surface area contributed by atoms with Gasteiger partial charge < -0.3 is 14.4 Å². The van der Waals surface area contributed by atoms with Gasteiger partial charge in [-0.1, -0.05) is 43.4 Å². The minimum Gasteiger partial charge on any atom is -0.384 e. The van der Waals surface area contributed by atoms with Crippen LogP contribution in [0, 0.1) is 23.7 Å². The zero-order valence-corrected chi connectivity index (χ0v) is 18.9. The fourth-order valence-electron chi connectivity index (χ4n) is 4.97. The number of ether oxygens (including phenoxy) is 2. The molecular formula is C20H36INO3. The summed E-state index contributed by atoms with van der Waals surface area (Å²) >= 11 is 2.48. The van der Waals surface area contributed by atoms with Crippen molar-refractivity contribution in [3.63, 3.8) is 0 Å². The summed E-state index contributed by atoms with van der Waals surface area (Å²) in [4.78, 5) is 15.8. The van der Waals surface area contributed by atoms with Gasteiger partial charge in [-0.05, 0) is 44.9 Å². The molecule has 2 rings (SSSR count). The molecule has 4 nitrogen and oxygen atoms in total. The van der Waals surface area contributed by atoms with Crippen LogP contribution in [0.3, 0.4) is 0 Å². The van der Waals surface area contributed by atoms with Gasteiger partial charge in [0, 0.05) is 35.5 Å². The van der Waals surface area contributed by atoms with E-state index in [4.69, 9.17) is 9.47 Å². The third kappa shape index (κ3) is 5.32. The minimum absolute atomic E-state index is 0.104. The second-order valence-corrected chi connectivity index (χ2v) is 10.5. The lowest BCUT2D eigenvalue weighted by molar-refractivity contribution is -0.144. The Bertz CT molecular complexity index is 433. The molecule has 0 saturated carbocycles.